The Hall–Kier alpha value is -4.80. The number of pyridine rings is 1. The molecule has 0 atom stereocenters. The molecule has 0 aliphatic rings. The third-order valence-electron chi connectivity index (χ3n) is 9.66. The molecular formula is C46H46N2OS. The molecule has 0 saturated heterocycles. The fourth-order valence-electron chi connectivity index (χ4n) is 6.68. The number of aromatic nitrogens is 2. The highest BCUT2D eigenvalue weighted by Gasteiger charge is 2.27. The molecule has 1 N–H and O–H groups in total. The summed E-state index contributed by atoms with van der Waals surface area (Å²) in [6.45, 7) is 19.9. The second-order valence-electron chi connectivity index (χ2n) is 16.6. The second-order valence-corrected chi connectivity index (χ2v) is 17.6. The van der Waals surface area contributed by atoms with Crippen molar-refractivity contribution in [3.05, 3.63) is 126 Å². The van der Waals surface area contributed by atoms with Crippen LogP contribution in [-0.4, -0.2) is 15.1 Å². The van der Waals surface area contributed by atoms with Crippen molar-refractivity contribution in [3.8, 4) is 49.7 Å². The number of para-hydroxylation sites is 1. The average molecular weight is 675 g/mol. The zero-order chi connectivity index (χ0) is 35.6. The second kappa shape index (κ2) is 12.2. The molecule has 0 bridgehead atoms. The first-order valence-corrected chi connectivity index (χ1v) is 18.3. The number of nitrogens with zero attached hydrogens (tertiary/aromatic N) is 2. The first-order valence-electron chi connectivity index (χ1n) is 17.5. The molecule has 4 heteroatoms. The van der Waals surface area contributed by atoms with Gasteiger partial charge in [-0.15, -0.1) is 11.3 Å². The van der Waals surface area contributed by atoms with E-state index < -0.39 is 0 Å². The average Bonchev–Trinajstić information content (AvgIpc) is 3.52. The molecule has 0 amide bonds. The van der Waals surface area contributed by atoms with E-state index in [-0.39, 0.29) is 16.2 Å². The van der Waals surface area contributed by atoms with Crippen molar-refractivity contribution in [2.24, 2.45) is 0 Å². The SMILES string of the molecule is CC(C)(C)c1cc(-c2cccc3sc(-c4cc(-c5ccccc5)cc(-c5cc(C(C)(C)C)cc6cccnc56)c4)nc23)c(O)c(C(C)(C)C)c1. The molecular weight excluding hydrogens is 629 g/mol. The zero-order valence-electron chi connectivity index (χ0n) is 30.6. The van der Waals surface area contributed by atoms with Crippen LogP contribution in [0.3, 0.4) is 0 Å². The van der Waals surface area contributed by atoms with E-state index in [1.807, 2.05) is 12.3 Å². The Bertz CT molecular complexity index is 2380. The Morgan fingerprint density at radius 3 is 1.88 bits per heavy atom. The number of fused-ring (bicyclic) bond motifs is 2. The first-order chi connectivity index (χ1) is 23.6. The van der Waals surface area contributed by atoms with Gasteiger partial charge in [0.15, 0.2) is 0 Å². The van der Waals surface area contributed by atoms with Gasteiger partial charge in [-0.3, -0.25) is 4.98 Å². The lowest BCUT2D eigenvalue weighted by molar-refractivity contribution is 0.446. The first kappa shape index (κ1) is 33.7. The number of rotatable bonds is 4. The molecule has 252 valence electrons. The maximum Gasteiger partial charge on any atom is 0.127 e. The van der Waals surface area contributed by atoms with Gasteiger partial charge in [0, 0.05) is 39.4 Å². The van der Waals surface area contributed by atoms with Gasteiger partial charge in [0.25, 0.3) is 0 Å². The highest BCUT2D eigenvalue weighted by Crippen LogP contribution is 2.46. The molecule has 7 rings (SSSR count). The molecule has 2 heterocycles. The van der Waals surface area contributed by atoms with Crippen molar-refractivity contribution >= 4 is 32.5 Å². The molecule has 50 heavy (non-hydrogen) atoms. The molecule has 2 aromatic heterocycles. The Kier molecular flexibility index (Phi) is 8.22. The van der Waals surface area contributed by atoms with E-state index in [1.165, 1.54) is 11.1 Å². The van der Waals surface area contributed by atoms with E-state index in [0.29, 0.717) is 5.75 Å². The molecule has 0 aliphatic heterocycles. The monoisotopic (exact) mass is 674 g/mol. The van der Waals surface area contributed by atoms with Crippen LogP contribution in [0.5, 0.6) is 5.75 Å². The summed E-state index contributed by atoms with van der Waals surface area (Å²) in [6, 6.07) is 36.8. The largest absolute Gasteiger partial charge is 0.507 e. The number of hydrogen-bond donors (Lipinski definition) is 1. The van der Waals surface area contributed by atoms with E-state index in [9.17, 15) is 5.11 Å². The topological polar surface area (TPSA) is 46.0 Å². The molecule has 7 aromatic rings. The van der Waals surface area contributed by atoms with Gasteiger partial charge in [-0.1, -0.05) is 117 Å². The van der Waals surface area contributed by atoms with E-state index in [4.69, 9.17) is 9.97 Å². The highest BCUT2D eigenvalue weighted by atomic mass is 32.1. The molecule has 5 aromatic carbocycles. The summed E-state index contributed by atoms with van der Waals surface area (Å²) in [5.74, 6) is 0.332. The minimum absolute atomic E-state index is 0.0230. The van der Waals surface area contributed by atoms with E-state index in [0.717, 1.165) is 70.6 Å². The van der Waals surface area contributed by atoms with Gasteiger partial charge in [-0.25, -0.2) is 4.98 Å². The van der Waals surface area contributed by atoms with E-state index in [2.05, 4.69) is 159 Å². The summed E-state index contributed by atoms with van der Waals surface area (Å²) in [4.78, 5) is 10.3. The summed E-state index contributed by atoms with van der Waals surface area (Å²) < 4.78 is 1.09. The van der Waals surface area contributed by atoms with Crippen LogP contribution in [-0.2, 0) is 16.2 Å². The number of hydrogen-bond acceptors (Lipinski definition) is 4. The number of phenolic OH excluding ortho intramolecular Hbond substituents is 1. The number of phenols is 1. The van der Waals surface area contributed by atoms with Crippen LogP contribution in [0, 0.1) is 0 Å². The van der Waals surface area contributed by atoms with Gasteiger partial charge >= 0.3 is 0 Å². The van der Waals surface area contributed by atoms with Crippen molar-refractivity contribution in [3.63, 3.8) is 0 Å². The summed E-state index contributed by atoms with van der Waals surface area (Å²) in [7, 11) is 0. The van der Waals surface area contributed by atoms with Crippen molar-refractivity contribution in [2.45, 2.75) is 78.6 Å². The van der Waals surface area contributed by atoms with E-state index in [1.54, 1.807) is 11.3 Å². The molecule has 0 spiro atoms. The predicted octanol–water partition coefficient (Wildman–Crippen LogP) is 13.1. The van der Waals surface area contributed by atoms with Gasteiger partial charge < -0.3 is 5.11 Å². The van der Waals surface area contributed by atoms with Crippen LogP contribution in [0.25, 0.3) is 65.1 Å². The Labute approximate surface area is 300 Å². The van der Waals surface area contributed by atoms with Crippen molar-refractivity contribution in [1.82, 2.24) is 9.97 Å². The van der Waals surface area contributed by atoms with Gasteiger partial charge in [0.05, 0.1) is 15.7 Å². The number of benzene rings is 5. The lowest BCUT2D eigenvalue weighted by Gasteiger charge is -2.27. The van der Waals surface area contributed by atoms with Crippen LogP contribution in [0.1, 0.15) is 79.0 Å². The van der Waals surface area contributed by atoms with Crippen LogP contribution >= 0.6 is 11.3 Å². The maximum atomic E-state index is 11.8. The molecule has 0 fully saturated rings. The van der Waals surface area contributed by atoms with Crippen LogP contribution < -0.4 is 0 Å². The van der Waals surface area contributed by atoms with Crippen molar-refractivity contribution in [2.75, 3.05) is 0 Å². The van der Waals surface area contributed by atoms with Crippen LogP contribution in [0.15, 0.2) is 109 Å². The lowest BCUT2D eigenvalue weighted by atomic mass is 9.78. The number of thiazole rings is 1. The normalized spacial score (nSPS) is 12.6. The maximum absolute atomic E-state index is 11.8. The lowest BCUT2D eigenvalue weighted by Crippen LogP contribution is -2.17. The Morgan fingerprint density at radius 2 is 1.18 bits per heavy atom. The minimum Gasteiger partial charge on any atom is -0.507 e. The molecule has 0 radical (unpaired) electrons. The van der Waals surface area contributed by atoms with Crippen molar-refractivity contribution < 1.29 is 5.11 Å². The summed E-state index contributed by atoms with van der Waals surface area (Å²) in [5, 5.41) is 13.9. The van der Waals surface area contributed by atoms with Crippen molar-refractivity contribution in [1.29, 1.82) is 0 Å². The standard InChI is InChI=1S/C46H46N2OS/c1-44(2,3)33-24-29-17-14-20-47-40(29)36(25-33)31-21-30(28-15-11-10-12-16-28)22-32(23-31)43-48-41-35(18-13-19-39(41)50-43)37-26-34(45(4,5)6)27-38(42(37)49)46(7,8)9/h10-27,49H,1-9H3. The molecule has 0 unspecified atom stereocenters. The van der Waals surface area contributed by atoms with Gasteiger partial charge in [0.1, 0.15) is 10.8 Å². The highest BCUT2D eigenvalue weighted by molar-refractivity contribution is 7.21. The molecule has 0 saturated carbocycles. The number of aromatic hydroxyl groups is 1. The Balaban J connectivity index is 1.47. The van der Waals surface area contributed by atoms with Gasteiger partial charge in [0.2, 0.25) is 0 Å². The van der Waals surface area contributed by atoms with Crippen LogP contribution in [0.4, 0.5) is 0 Å². The molecule has 0 aliphatic carbocycles. The summed E-state index contributed by atoms with van der Waals surface area (Å²) in [5.41, 5.74) is 12.3. The fourth-order valence-corrected chi connectivity index (χ4v) is 7.66. The summed E-state index contributed by atoms with van der Waals surface area (Å²) >= 11 is 1.70. The smallest absolute Gasteiger partial charge is 0.127 e. The quantitative estimate of drug-likeness (QED) is 0.202. The minimum atomic E-state index is -0.223. The zero-order valence-corrected chi connectivity index (χ0v) is 31.5. The Morgan fingerprint density at radius 1 is 0.520 bits per heavy atom. The molecule has 3 nitrogen and oxygen atoms in total. The van der Waals surface area contributed by atoms with Gasteiger partial charge in [-0.05, 0) is 92.6 Å². The predicted molar refractivity (Wildman–Crippen MR) is 214 cm³/mol. The van der Waals surface area contributed by atoms with E-state index >= 15 is 0 Å². The summed E-state index contributed by atoms with van der Waals surface area (Å²) in [6.07, 6.45) is 1.88. The third-order valence-corrected chi connectivity index (χ3v) is 10.7. The fraction of sp³-hybridized carbons (Fsp3) is 0.261. The van der Waals surface area contributed by atoms with Gasteiger partial charge in [-0.2, -0.15) is 0 Å². The van der Waals surface area contributed by atoms with Crippen LogP contribution in [0.2, 0.25) is 0 Å². The third kappa shape index (κ3) is 6.33.